The van der Waals surface area contributed by atoms with E-state index in [9.17, 15) is 4.21 Å². The van der Waals surface area contributed by atoms with Gasteiger partial charge in [-0.2, -0.15) is 0 Å². The standard InChI is InChI=1S/C26H29N3O3S/c1-7-23-22-14-26(32-4)25(31-3)13-21(22)19(16-28-23)11-17-10-18-12-20(29(2)33(5,6)30)8-9-24(18)27-15-17/h8-10,12-16H,5,7,11H2,1-4,6H3. The van der Waals surface area contributed by atoms with Crippen molar-refractivity contribution in [2.45, 2.75) is 19.8 Å². The van der Waals surface area contributed by atoms with Crippen LogP contribution in [0.25, 0.3) is 21.7 Å². The largest absolute Gasteiger partial charge is 0.493 e. The third-order valence-electron chi connectivity index (χ3n) is 5.95. The fraction of sp³-hybridized carbons (Fsp3) is 0.269. The van der Waals surface area contributed by atoms with Crippen LogP contribution in [0, 0.1) is 0 Å². The van der Waals surface area contributed by atoms with Crippen LogP contribution in [0.1, 0.15) is 23.7 Å². The summed E-state index contributed by atoms with van der Waals surface area (Å²) in [7, 11) is 2.74. The Morgan fingerprint density at radius 1 is 1.00 bits per heavy atom. The second-order valence-electron chi connectivity index (χ2n) is 8.19. The first-order valence-electron chi connectivity index (χ1n) is 10.7. The molecule has 0 bridgehead atoms. The molecule has 0 saturated heterocycles. The van der Waals surface area contributed by atoms with E-state index in [2.05, 4.69) is 23.8 Å². The Kier molecular flexibility index (Phi) is 6.17. The average Bonchev–Trinajstić information content (AvgIpc) is 2.81. The fourth-order valence-electron chi connectivity index (χ4n) is 4.00. The molecule has 2 aromatic heterocycles. The van der Waals surface area contributed by atoms with E-state index in [1.165, 1.54) is 0 Å². The highest BCUT2D eigenvalue weighted by atomic mass is 32.2. The summed E-state index contributed by atoms with van der Waals surface area (Å²) in [4.78, 5) is 9.36. The van der Waals surface area contributed by atoms with Crippen molar-refractivity contribution in [1.29, 1.82) is 0 Å². The second kappa shape index (κ2) is 8.90. The van der Waals surface area contributed by atoms with E-state index >= 15 is 0 Å². The summed E-state index contributed by atoms with van der Waals surface area (Å²) in [5.74, 6) is 5.17. The minimum absolute atomic E-state index is 0.672. The molecule has 2 aromatic carbocycles. The van der Waals surface area contributed by atoms with Crippen LogP contribution < -0.4 is 13.8 Å². The Morgan fingerprint density at radius 2 is 1.70 bits per heavy atom. The summed E-state index contributed by atoms with van der Waals surface area (Å²) >= 11 is 0. The lowest BCUT2D eigenvalue weighted by atomic mass is 9.98. The summed E-state index contributed by atoms with van der Waals surface area (Å²) in [5, 5.41) is 3.15. The monoisotopic (exact) mass is 463 g/mol. The summed E-state index contributed by atoms with van der Waals surface area (Å²) in [6.07, 6.45) is 6.97. The molecule has 0 saturated carbocycles. The van der Waals surface area contributed by atoms with Gasteiger partial charge in [-0.3, -0.25) is 9.97 Å². The summed E-state index contributed by atoms with van der Waals surface area (Å²) < 4.78 is 25.2. The number of hydrogen-bond donors (Lipinski definition) is 0. The topological polar surface area (TPSA) is 64.6 Å². The summed E-state index contributed by atoms with van der Waals surface area (Å²) in [6, 6.07) is 12.0. The number of anilines is 1. The van der Waals surface area contributed by atoms with Gasteiger partial charge in [-0.15, -0.1) is 0 Å². The van der Waals surface area contributed by atoms with Crippen molar-refractivity contribution in [3.05, 3.63) is 65.6 Å². The molecule has 0 aliphatic carbocycles. The van der Waals surface area contributed by atoms with E-state index < -0.39 is 9.71 Å². The lowest BCUT2D eigenvalue weighted by molar-refractivity contribution is 0.356. The first-order valence-corrected chi connectivity index (χ1v) is 12.8. The predicted octanol–water partition coefficient (Wildman–Crippen LogP) is 4.65. The van der Waals surface area contributed by atoms with Gasteiger partial charge in [0.1, 0.15) is 0 Å². The van der Waals surface area contributed by atoms with E-state index in [1.807, 2.05) is 42.7 Å². The van der Waals surface area contributed by atoms with Gasteiger partial charge in [0.25, 0.3) is 0 Å². The minimum atomic E-state index is -2.34. The van der Waals surface area contributed by atoms with Crippen LogP contribution in [-0.4, -0.2) is 47.6 Å². The van der Waals surface area contributed by atoms with Gasteiger partial charge < -0.3 is 13.8 Å². The Labute approximate surface area is 195 Å². The molecule has 0 radical (unpaired) electrons. The molecule has 0 aliphatic heterocycles. The zero-order valence-corrected chi connectivity index (χ0v) is 20.5. The maximum Gasteiger partial charge on any atom is 0.161 e. The number of pyridine rings is 2. The molecule has 1 atom stereocenters. The average molecular weight is 464 g/mol. The molecule has 172 valence electrons. The molecular weight excluding hydrogens is 434 g/mol. The number of fused-ring (bicyclic) bond motifs is 2. The molecule has 4 aromatic rings. The van der Waals surface area contributed by atoms with Crippen LogP contribution in [0.2, 0.25) is 0 Å². The zero-order valence-electron chi connectivity index (χ0n) is 19.7. The number of methoxy groups -OCH3 is 2. The maximum atomic E-state index is 12.4. The number of aryl methyl sites for hydroxylation is 1. The third-order valence-corrected chi connectivity index (χ3v) is 7.32. The molecule has 0 amide bonds. The molecule has 2 heterocycles. The van der Waals surface area contributed by atoms with Crippen LogP contribution in [0.15, 0.2) is 48.8 Å². The zero-order chi connectivity index (χ0) is 23.8. The smallest absolute Gasteiger partial charge is 0.161 e. The van der Waals surface area contributed by atoms with E-state index in [0.29, 0.717) is 17.9 Å². The van der Waals surface area contributed by atoms with Gasteiger partial charge in [0.2, 0.25) is 0 Å². The Hall–Kier alpha value is -3.32. The normalized spacial score (nSPS) is 13.1. The van der Waals surface area contributed by atoms with Gasteiger partial charge in [0.05, 0.1) is 19.7 Å². The van der Waals surface area contributed by atoms with Crippen LogP contribution >= 0.6 is 0 Å². The van der Waals surface area contributed by atoms with Crippen molar-refractivity contribution in [3.63, 3.8) is 0 Å². The molecule has 6 nitrogen and oxygen atoms in total. The lowest BCUT2D eigenvalue weighted by Gasteiger charge is -2.21. The van der Waals surface area contributed by atoms with Crippen LogP contribution in [0.4, 0.5) is 5.69 Å². The molecule has 0 spiro atoms. The molecule has 1 unspecified atom stereocenters. The summed E-state index contributed by atoms with van der Waals surface area (Å²) in [6.45, 7) is 2.10. The van der Waals surface area contributed by atoms with Gasteiger partial charge in [0.15, 0.2) is 11.5 Å². The van der Waals surface area contributed by atoms with E-state index in [0.717, 1.165) is 50.6 Å². The van der Waals surface area contributed by atoms with Crippen LogP contribution in [0.3, 0.4) is 0 Å². The number of ether oxygens (including phenoxy) is 2. The highest BCUT2D eigenvalue weighted by Crippen LogP contribution is 2.35. The highest BCUT2D eigenvalue weighted by molar-refractivity contribution is 8.00. The van der Waals surface area contributed by atoms with Crippen molar-refractivity contribution in [2.24, 2.45) is 0 Å². The predicted molar refractivity (Wildman–Crippen MR) is 138 cm³/mol. The number of rotatable bonds is 7. The Balaban J connectivity index is 1.79. The highest BCUT2D eigenvalue weighted by Gasteiger charge is 2.14. The van der Waals surface area contributed by atoms with Crippen molar-refractivity contribution in [1.82, 2.24) is 9.97 Å². The number of nitrogens with zero attached hydrogens (tertiary/aromatic N) is 3. The molecule has 0 N–H and O–H groups in total. The van der Waals surface area contributed by atoms with Gasteiger partial charge >= 0.3 is 0 Å². The number of hydrogen-bond acceptors (Lipinski definition) is 5. The maximum absolute atomic E-state index is 12.4. The van der Waals surface area contributed by atoms with Crippen LogP contribution in [-0.2, 0) is 22.5 Å². The minimum Gasteiger partial charge on any atom is -0.493 e. The number of benzene rings is 2. The van der Waals surface area contributed by atoms with Gasteiger partial charge in [-0.05, 0) is 65.2 Å². The first kappa shape index (κ1) is 22.9. The Morgan fingerprint density at radius 3 is 2.33 bits per heavy atom. The molecule has 33 heavy (non-hydrogen) atoms. The van der Waals surface area contributed by atoms with Crippen molar-refractivity contribution in [3.8, 4) is 11.5 Å². The van der Waals surface area contributed by atoms with E-state index in [-0.39, 0.29) is 0 Å². The summed E-state index contributed by atoms with van der Waals surface area (Å²) in [5.41, 5.74) is 4.91. The Bertz CT molecular complexity index is 1450. The molecule has 7 heteroatoms. The number of aromatic nitrogens is 2. The van der Waals surface area contributed by atoms with Gasteiger partial charge in [-0.1, -0.05) is 6.92 Å². The van der Waals surface area contributed by atoms with Crippen LogP contribution in [0.5, 0.6) is 11.5 Å². The quantitative estimate of drug-likeness (QED) is 0.373. The van der Waals surface area contributed by atoms with E-state index in [1.54, 1.807) is 31.8 Å². The molecular formula is C26H29N3O3S. The molecule has 0 fully saturated rings. The van der Waals surface area contributed by atoms with Gasteiger partial charge in [-0.25, -0.2) is 4.21 Å². The van der Waals surface area contributed by atoms with Crippen molar-refractivity contribution < 1.29 is 13.7 Å². The third kappa shape index (κ3) is 4.46. The molecule has 0 aliphatic rings. The van der Waals surface area contributed by atoms with Crippen molar-refractivity contribution in [2.75, 3.05) is 31.8 Å². The van der Waals surface area contributed by atoms with E-state index in [4.69, 9.17) is 14.5 Å². The van der Waals surface area contributed by atoms with Crippen molar-refractivity contribution >= 4 is 42.9 Å². The SMILES string of the molecule is C=S(C)(=O)N(C)c1ccc2ncc(Cc3cnc(CC)c4cc(OC)c(OC)cc34)cc2c1. The first-order chi connectivity index (χ1) is 15.7. The fourth-order valence-corrected chi connectivity index (χ4v) is 4.56. The second-order valence-corrected chi connectivity index (χ2v) is 10.7. The molecule has 4 rings (SSSR count). The van der Waals surface area contributed by atoms with Gasteiger partial charge in [0, 0.05) is 64.0 Å². The lowest BCUT2D eigenvalue weighted by Crippen LogP contribution is -2.24.